The van der Waals surface area contributed by atoms with Crippen molar-refractivity contribution in [2.45, 2.75) is 6.10 Å². The van der Waals surface area contributed by atoms with E-state index in [1.165, 1.54) is 27.4 Å². The van der Waals surface area contributed by atoms with Crippen LogP contribution in [0.4, 0.5) is 0 Å². The molecule has 0 radical (unpaired) electrons. The van der Waals surface area contributed by atoms with Crippen LogP contribution in [0.15, 0.2) is 12.7 Å². The van der Waals surface area contributed by atoms with Gasteiger partial charge in [0.2, 0.25) is 0 Å². The summed E-state index contributed by atoms with van der Waals surface area (Å²) in [4.78, 5) is 22.4. The van der Waals surface area contributed by atoms with Crippen molar-refractivity contribution in [3.63, 3.8) is 0 Å². The van der Waals surface area contributed by atoms with Gasteiger partial charge in [-0.15, -0.1) is 6.58 Å². The first-order valence-electron chi connectivity index (χ1n) is 3.93. The third-order valence-electron chi connectivity index (χ3n) is 1.74. The molecule has 0 fully saturated rings. The molecule has 0 aromatic carbocycles. The number of carbonyl (C=O) groups excluding carboxylic acids is 2. The molecule has 80 valence electrons. The maximum Gasteiger partial charge on any atom is 0.323 e. The van der Waals surface area contributed by atoms with E-state index in [-0.39, 0.29) is 0 Å². The zero-order chi connectivity index (χ0) is 11.1. The molecule has 0 aliphatic carbocycles. The van der Waals surface area contributed by atoms with Crippen LogP contribution in [0.2, 0.25) is 0 Å². The lowest BCUT2D eigenvalue weighted by Crippen LogP contribution is -2.36. The number of ether oxygens (including phenoxy) is 3. The van der Waals surface area contributed by atoms with Crippen LogP contribution in [-0.2, 0) is 23.8 Å². The van der Waals surface area contributed by atoms with Gasteiger partial charge >= 0.3 is 11.9 Å². The molecule has 0 heterocycles. The van der Waals surface area contributed by atoms with Crippen molar-refractivity contribution in [2.24, 2.45) is 5.92 Å². The Balaban J connectivity index is 4.78. The molecule has 0 saturated heterocycles. The Kier molecular flexibility index (Phi) is 5.55. The van der Waals surface area contributed by atoms with Crippen molar-refractivity contribution in [3.05, 3.63) is 12.7 Å². The number of esters is 2. The first-order chi connectivity index (χ1) is 6.62. The minimum absolute atomic E-state index is 0.705. The number of hydrogen-bond acceptors (Lipinski definition) is 5. The molecule has 0 aromatic rings. The average Bonchev–Trinajstić information content (AvgIpc) is 2.23. The molecule has 0 aliphatic heterocycles. The van der Waals surface area contributed by atoms with Crippen LogP contribution in [0.1, 0.15) is 0 Å². The maximum absolute atomic E-state index is 11.2. The van der Waals surface area contributed by atoms with Crippen LogP contribution in [0.3, 0.4) is 0 Å². The van der Waals surface area contributed by atoms with E-state index in [1.807, 2.05) is 0 Å². The Bertz CT molecular complexity index is 207. The van der Waals surface area contributed by atoms with Crippen LogP contribution >= 0.6 is 0 Å². The monoisotopic (exact) mass is 202 g/mol. The van der Waals surface area contributed by atoms with E-state index in [0.29, 0.717) is 0 Å². The van der Waals surface area contributed by atoms with Crippen molar-refractivity contribution in [1.29, 1.82) is 0 Å². The fraction of sp³-hybridized carbons (Fsp3) is 0.556. The van der Waals surface area contributed by atoms with Gasteiger partial charge in [0.05, 0.1) is 20.3 Å². The highest BCUT2D eigenvalue weighted by Crippen LogP contribution is 2.12. The van der Waals surface area contributed by atoms with Gasteiger partial charge in [0.15, 0.2) is 5.92 Å². The molecule has 0 saturated carbocycles. The number of methoxy groups -OCH3 is 3. The zero-order valence-electron chi connectivity index (χ0n) is 8.48. The van der Waals surface area contributed by atoms with Gasteiger partial charge in [0.25, 0.3) is 0 Å². The lowest BCUT2D eigenvalue weighted by Gasteiger charge is -2.18. The summed E-state index contributed by atoms with van der Waals surface area (Å²) in [6.07, 6.45) is 0.605. The van der Waals surface area contributed by atoms with Crippen LogP contribution in [0, 0.1) is 5.92 Å². The molecule has 5 nitrogen and oxygen atoms in total. The average molecular weight is 202 g/mol. The van der Waals surface area contributed by atoms with Gasteiger partial charge in [0, 0.05) is 7.11 Å². The van der Waals surface area contributed by atoms with Crippen LogP contribution < -0.4 is 0 Å². The fourth-order valence-corrected chi connectivity index (χ4v) is 0.987. The van der Waals surface area contributed by atoms with E-state index in [0.717, 1.165) is 0 Å². The van der Waals surface area contributed by atoms with E-state index >= 15 is 0 Å². The predicted molar refractivity (Wildman–Crippen MR) is 48.5 cm³/mol. The van der Waals surface area contributed by atoms with Gasteiger partial charge in [-0.3, -0.25) is 9.59 Å². The summed E-state index contributed by atoms with van der Waals surface area (Å²) in [6, 6.07) is 0. The highest BCUT2D eigenvalue weighted by atomic mass is 16.6. The predicted octanol–water partition coefficient (Wildman–Crippen LogP) is 0.150. The molecule has 0 spiro atoms. The lowest BCUT2D eigenvalue weighted by atomic mass is 10.0. The summed E-state index contributed by atoms with van der Waals surface area (Å²) in [5.74, 6) is -2.53. The second-order valence-electron chi connectivity index (χ2n) is 2.46. The minimum atomic E-state index is -1.12. The van der Waals surface area contributed by atoms with Crippen LogP contribution in [-0.4, -0.2) is 39.4 Å². The van der Waals surface area contributed by atoms with E-state index in [2.05, 4.69) is 16.1 Å². The zero-order valence-corrected chi connectivity index (χ0v) is 8.48. The van der Waals surface area contributed by atoms with E-state index < -0.39 is 24.0 Å². The Labute approximate surface area is 82.6 Å². The number of carbonyl (C=O) groups is 2. The smallest absolute Gasteiger partial charge is 0.323 e. The molecular weight excluding hydrogens is 188 g/mol. The second-order valence-corrected chi connectivity index (χ2v) is 2.46. The summed E-state index contributed by atoms with van der Waals surface area (Å²) in [7, 11) is 3.74. The Hall–Kier alpha value is -1.36. The quantitative estimate of drug-likeness (QED) is 0.361. The van der Waals surface area contributed by atoms with Gasteiger partial charge in [-0.05, 0) is 0 Å². The number of hydrogen-bond donors (Lipinski definition) is 0. The normalized spacial score (nSPS) is 12.0. The third-order valence-corrected chi connectivity index (χ3v) is 1.74. The van der Waals surface area contributed by atoms with Gasteiger partial charge in [-0.1, -0.05) is 6.08 Å². The van der Waals surface area contributed by atoms with E-state index in [1.54, 1.807) is 0 Å². The van der Waals surface area contributed by atoms with Crippen molar-refractivity contribution in [1.82, 2.24) is 0 Å². The molecule has 0 bridgehead atoms. The van der Waals surface area contributed by atoms with E-state index in [4.69, 9.17) is 4.74 Å². The molecular formula is C9H14O5. The standard InChI is InChI=1S/C9H14O5/c1-5-6(12-2)7(8(10)13-3)9(11)14-4/h5-7H,1H2,2-4H3. The first-order valence-corrected chi connectivity index (χ1v) is 3.93. The van der Waals surface area contributed by atoms with Crippen molar-refractivity contribution < 1.29 is 23.8 Å². The van der Waals surface area contributed by atoms with Crippen molar-refractivity contribution >= 4 is 11.9 Å². The molecule has 1 atom stereocenters. The second kappa shape index (κ2) is 6.15. The molecule has 1 unspecified atom stereocenters. The topological polar surface area (TPSA) is 61.8 Å². The first kappa shape index (κ1) is 12.6. The SMILES string of the molecule is C=CC(OC)C(C(=O)OC)C(=O)OC. The summed E-state index contributed by atoms with van der Waals surface area (Å²) >= 11 is 0. The van der Waals surface area contributed by atoms with Gasteiger partial charge in [-0.2, -0.15) is 0 Å². The maximum atomic E-state index is 11.2. The Morgan fingerprint density at radius 2 is 1.57 bits per heavy atom. The van der Waals surface area contributed by atoms with Crippen molar-refractivity contribution in [3.8, 4) is 0 Å². The molecule has 14 heavy (non-hydrogen) atoms. The van der Waals surface area contributed by atoms with Crippen LogP contribution in [0.5, 0.6) is 0 Å². The summed E-state index contributed by atoms with van der Waals surface area (Å²) in [5, 5.41) is 0. The highest BCUT2D eigenvalue weighted by molar-refractivity contribution is 5.95. The molecule has 0 rings (SSSR count). The molecule has 5 heteroatoms. The molecule has 0 N–H and O–H groups in total. The molecule has 0 aliphatic rings. The summed E-state index contributed by atoms with van der Waals surface area (Å²) in [5.41, 5.74) is 0. The Morgan fingerprint density at radius 3 is 1.79 bits per heavy atom. The molecule has 0 amide bonds. The molecule has 0 aromatic heterocycles. The van der Waals surface area contributed by atoms with E-state index in [9.17, 15) is 9.59 Å². The largest absolute Gasteiger partial charge is 0.468 e. The fourth-order valence-electron chi connectivity index (χ4n) is 0.987. The number of rotatable bonds is 5. The van der Waals surface area contributed by atoms with Crippen molar-refractivity contribution in [2.75, 3.05) is 21.3 Å². The summed E-state index contributed by atoms with van der Waals surface area (Å²) < 4.78 is 13.8. The highest BCUT2D eigenvalue weighted by Gasteiger charge is 2.35. The third kappa shape index (κ3) is 2.85. The van der Waals surface area contributed by atoms with Gasteiger partial charge in [-0.25, -0.2) is 0 Å². The van der Waals surface area contributed by atoms with Crippen LogP contribution in [0.25, 0.3) is 0 Å². The Morgan fingerprint density at radius 1 is 1.14 bits per heavy atom. The lowest BCUT2D eigenvalue weighted by molar-refractivity contribution is -0.163. The van der Waals surface area contributed by atoms with Gasteiger partial charge < -0.3 is 14.2 Å². The minimum Gasteiger partial charge on any atom is -0.468 e. The summed E-state index contributed by atoms with van der Waals surface area (Å²) in [6.45, 7) is 3.45. The van der Waals surface area contributed by atoms with Gasteiger partial charge in [0.1, 0.15) is 0 Å².